The molecule has 0 amide bonds. The summed E-state index contributed by atoms with van der Waals surface area (Å²) in [6.07, 6.45) is 10.2. The molecule has 1 fully saturated rings. The maximum atomic E-state index is 12.4. The van der Waals surface area contributed by atoms with Gasteiger partial charge in [0.1, 0.15) is 0 Å². The zero-order chi connectivity index (χ0) is 12.0. The van der Waals surface area contributed by atoms with Crippen molar-refractivity contribution in [2.45, 2.75) is 46.5 Å². The Morgan fingerprint density at radius 1 is 1.38 bits per heavy atom. The predicted octanol–water partition coefficient (Wildman–Crippen LogP) is 3.90. The fourth-order valence-corrected chi connectivity index (χ4v) is 4.17. The molecule has 0 saturated heterocycles. The molecular weight excluding hydrogens is 196 g/mol. The van der Waals surface area contributed by atoms with Crippen molar-refractivity contribution in [3.05, 3.63) is 24.8 Å². The number of hydrogen-bond donors (Lipinski definition) is 0. The van der Waals surface area contributed by atoms with Crippen LogP contribution in [0.5, 0.6) is 0 Å². The topological polar surface area (TPSA) is 17.1 Å². The molecule has 0 bridgehead atoms. The third-order valence-electron chi connectivity index (χ3n) is 5.10. The van der Waals surface area contributed by atoms with Crippen molar-refractivity contribution in [2.75, 3.05) is 0 Å². The summed E-state index contributed by atoms with van der Waals surface area (Å²) in [6.45, 7) is 10.6. The normalized spacial score (nSPS) is 40.8. The van der Waals surface area contributed by atoms with E-state index in [1.807, 2.05) is 12.2 Å². The Morgan fingerprint density at radius 2 is 2.06 bits per heavy atom. The van der Waals surface area contributed by atoms with Crippen LogP contribution in [0.4, 0.5) is 0 Å². The van der Waals surface area contributed by atoms with E-state index in [1.165, 1.54) is 6.42 Å². The van der Waals surface area contributed by atoms with E-state index in [0.717, 1.165) is 19.3 Å². The zero-order valence-corrected chi connectivity index (χ0v) is 10.7. The van der Waals surface area contributed by atoms with Gasteiger partial charge in [-0.25, -0.2) is 0 Å². The highest BCUT2D eigenvalue weighted by Gasteiger charge is 2.62. The van der Waals surface area contributed by atoms with Crippen LogP contribution in [0.15, 0.2) is 24.8 Å². The summed E-state index contributed by atoms with van der Waals surface area (Å²) < 4.78 is 0. The summed E-state index contributed by atoms with van der Waals surface area (Å²) in [6, 6.07) is 0. The van der Waals surface area contributed by atoms with Crippen LogP contribution in [-0.4, -0.2) is 5.78 Å². The highest BCUT2D eigenvalue weighted by molar-refractivity contribution is 5.99. The minimum Gasteiger partial charge on any atom is -0.294 e. The largest absolute Gasteiger partial charge is 0.294 e. The van der Waals surface area contributed by atoms with Gasteiger partial charge in [-0.05, 0) is 36.2 Å². The van der Waals surface area contributed by atoms with E-state index < -0.39 is 0 Å². The summed E-state index contributed by atoms with van der Waals surface area (Å²) in [7, 11) is 0. The molecule has 2 rings (SSSR count). The Hall–Kier alpha value is -0.850. The molecule has 2 atom stereocenters. The van der Waals surface area contributed by atoms with Crippen molar-refractivity contribution < 1.29 is 4.79 Å². The molecule has 0 aromatic rings. The van der Waals surface area contributed by atoms with Crippen LogP contribution in [0.1, 0.15) is 46.5 Å². The number of rotatable bonds is 2. The van der Waals surface area contributed by atoms with E-state index in [4.69, 9.17) is 0 Å². The van der Waals surface area contributed by atoms with Gasteiger partial charge in [-0.15, -0.1) is 6.58 Å². The molecular formula is C15H22O. The zero-order valence-electron chi connectivity index (χ0n) is 10.7. The molecule has 16 heavy (non-hydrogen) atoms. The van der Waals surface area contributed by atoms with Crippen LogP contribution in [0, 0.1) is 16.2 Å². The quantitative estimate of drug-likeness (QED) is 0.642. The number of carbonyl (C=O) groups excluding carboxylic acids is 1. The van der Waals surface area contributed by atoms with Crippen LogP contribution >= 0.6 is 0 Å². The van der Waals surface area contributed by atoms with Gasteiger partial charge in [-0.1, -0.05) is 39.3 Å². The molecule has 0 radical (unpaired) electrons. The van der Waals surface area contributed by atoms with Crippen LogP contribution in [0.3, 0.4) is 0 Å². The number of ketones is 1. The standard InChI is InChI=1S/C15H22O/c1-5-8-15-12(16)7-11-14(15,4)10-6-9-13(15,2)3/h5,7,11H,1,6,8-10H2,2-4H3/t14-,15-/m1/s1. The van der Waals surface area contributed by atoms with Gasteiger partial charge in [0.25, 0.3) is 0 Å². The Bertz CT molecular complexity index is 364. The Kier molecular flexibility index (Phi) is 2.41. The number of fused-ring (bicyclic) bond motifs is 1. The third kappa shape index (κ3) is 1.15. The summed E-state index contributed by atoms with van der Waals surface area (Å²) >= 11 is 0. The lowest BCUT2D eigenvalue weighted by molar-refractivity contribution is -0.143. The minimum atomic E-state index is -0.236. The summed E-state index contributed by atoms with van der Waals surface area (Å²) in [5.41, 5.74) is -0.116. The van der Waals surface area contributed by atoms with Crippen molar-refractivity contribution >= 4 is 5.78 Å². The van der Waals surface area contributed by atoms with Crippen LogP contribution in [0.25, 0.3) is 0 Å². The molecule has 0 aromatic carbocycles. The van der Waals surface area contributed by atoms with Gasteiger partial charge in [-0.3, -0.25) is 4.79 Å². The highest BCUT2D eigenvalue weighted by Crippen LogP contribution is 2.65. The third-order valence-corrected chi connectivity index (χ3v) is 5.10. The minimum absolute atomic E-state index is 0.0417. The van der Waals surface area contributed by atoms with Gasteiger partial charge in [0, 0.05) is 0 Å². The molecule has 1 heteroatoms. The molecule has 0 N–H and O–H groups in total. The van der Waals surface area contributed by atoms with Gasteiger partial charge in [0.2, 0.25) is 0 Å². The first kappa shape index (κ1) is 11.6. The van der Waals surface area contributed by atoms with E-state index in [2.05, 4.69) is 33.4 Å². The second-order valence-corrected chi connectivity index (χ2v) is 6.25. The predicted molar refractivity (Wildman–Crippen MR) is 67.1 cm³/mol. The maximum Gasteiger partial charge on any atom is 0.163 e. The molecule has 1 nitrogen and oxygen atoms in total. The summed E-state index contributed by atoms with van der Waals surface area (Å²) in [4.78, 5) is 12.4. The molecule has 2 aliphatic carbocycles. The fraction of sp³-hybridized carbons (Fsp3) is 0.667. The average molecular weight is 218 g/mol. The first-order valence-electron chi connectivity index (χ1n) is 6.24. The van der Waals surface area contributed by atoms with Gasteiger partial charge in [0.15, 0.2) is 5.78 Å². The van der Waals surface area contributed by atoms with E-state index in [9.17, 15) is 4.79 Å². The van der Waals surface area contributed by atoms with Gasteiger partial charge >= 0.3 is 0 Å². The van der Waals surface area contributed by atoms with Gasteiger partial charge < -0.3 is 0 Å². The van der Waals surface area contributed by atoms with Gasteiger partial charge in [0.05, 0.1) is 5.41 Å². The van der Waals surface area contributed by atoms with E-state index in [-0.39, 0.29) is 16.2 Å². The summed E-state index contributed by atoms with van der Waals surface area (Å²) in [5, 5.41) is 0. The molecule has 0 aromatic heterocycles. The smallest absolute Gasteiger partial charge is 0.163 e. The lowest BCUT2D eigenvalue weighted by Crippen LogP contribution is -2.53. The molecule has 0 heterocycles. The molecule has 2 aliphatic rings. The Labute approximate surface area is 98.6 Å². The Morgan fingerprint density at radius 3 is 2.69 bits per heavy atom. The van der Waals surface area contributed by atoms with Crippen molar-refractivity contribution in [3.8, 4) is 0 Å². The van der Waals surface area contributed by atoms with Crippen molar-refractivity contribution in [1.82, 2.24) is 0 Å². The molecule has 1 saturated carbocycles. The summed E-state index contributed by atoms with van der Waals surface area (Å²) in [5.74, 6) is 0.319. The first-order valence-corrected chi connectivity index (χ1v) is 6.24. The molecule has 0 spiro atoms. The van der Waals surface area contributed by atoms with E-state index in [1.54, 1.807) is 0 Å². The van der Waals surface area contributed by atoms with Crippen molar-refractivity contribution in [3.63, 3.8) is 0 Å². The number of allylic oxidation sites excluding steroid dienone is 3. The lowest BCUT2D eigenvalue weighted by atomic mass is 9.46. The second-order valence-electron chi connectivity index (χ2n) is 6.25. The van der Waals surface area contributed by atoms with Crippen LogP contribution in [0.2, 0.25) is 0 Å². The van der Waals surface area contributed by atoms with Crippen molar-refractivity contribution in [2.24, 2.45) is 16.2 Å². The number of carbonyl (C=O) groups is 1. The second kappa shape index (κ2) is 3.32. The maximum absolute atomic E-state index is 12.4. The van der Waals surface area contributed by atoms with Crippen LogP contribution < -0.4 is 0 Å². The molecule has 88 valence electrons. The monoisotopic (exact) mass is 218 g/mol. The fourth-order valence-electron chi connectivity index (χ4n) is 4.17. The van der Waals surface area contributed by atoms with Gasteiger partial charge in [-0.2, -0.15) is 0 Å². The molecule has 0 aliphatic heterocycles. The number of hydrogen-bond acceptors (Lipinski definition) is 1. The Balaban J connectivity index is 2.58. The van der Waals surface area contributed by atoms with Crippen molar-refractivity contribution in [1.29, 1.82) is 0 Å². The van der Waals surface area contributed by atoms with Crippen LogP contribution in [-0.2, 0) is 4.79 Å². The van der Waals surface area contributed by atoms with E-state index in [0.29, 0.717) is 5.78 Å². The van der Waals surface area contributed by atoms with E-state index >= 15 is 0 Å². The molecule has 0 unspecified atom stereocenters. The lowest BCUT2D eigenvalue weighted by Gasteiger charge is -2.56. The average Bonchev–Trinajstić information content (AvgIpc) is 2.44. The SMILES string of the molecule is C=CC[C@]12C(=O)C=C[C@@]1(C)CCCC2(C)C. The first-order chi connectivity index (χ1) is 7.40. The highest BCUT2D eigenvalue weighted by atomic mass is 16.1.